The quantitative estimate of drug-likeness (QED) is 0.644. The van der Waals surface area contributed by atoms with E-state index in [-0.39, 0.29) is 0 Å². The van der Waals surface area contributed by atoms with E-state index in [1.54, 1.807) is 0 Å². The van der Waals surface area contributed by atoms with Gasteiger partial charge in [0.15, 0.2) is 0 Å². The second kappa shape index (κ2) is 5.73. The van der Waals surface area contributed by atoms with Gasteiger partial charge in [-0.25, -0.2) is 0 Å². The van der Waals surface area contributed by atoms with Crippen LogP contribution in [0.4, 0.5) is 0 Å². The number of quaternary nitrogens is 1. The van der Waals surface area contributed by atoms with Gasteiger partial charge in [0.05, 0.1) is 25.7 Å². The summed E-state index contributed by atoms with van der Waals surface area (Å²) in [6.07, 6.45) is 4.11. The lowest BCUT2D eigenvalue weighted by Crippen LogP contribution is -2.59. The maximum absolute atomic E-state index is 2.51. The Morgan fingerprint density at radius 3 is 2.06 bits per heavy atom. The molecular formula is C16H34N+. The molecule has 0 amide bonds. The summed E-state index contributed by atoms with van der Waals surface area (Å²) in [4.78, 5) is 0. The van der Waals surface area contributed by atoms with Crippen molar-refractivity contribution in [3.05, 3.63) is 0 Å². The largest absolute Gasteiger partial charge is 0.321 e. The highest BCUT2D eigenvalue weighted by molar-refractivity contribution is 4.79. The minimum absolute atomic E-state index is 0.802. The summed E-state index contributed by atoms with van der Waals surface area (Å²) in [5.41, 5.74) is 0. The van der Waals surface area contributed by atoms with Crippen molar-refractivity contribution in [3.8, 4) is 0 Å². The van der Waals surface area contributed by atoms with Gasteiger partial charge in [0.2, 0.25) is 0 Å². The summed E-state index contributed by atoms with van der Waals surface area (Å²) in [5.74, 6) is 2.59. The molecule has 0 bridgehead atoms. The lowest BCUT2D eigenvalue weighted by atomic mass is 9.85. The molecule has 1 aliphatic rings. The predicted molar refractivity (Wildman–Crippen MR) is 77.0 cm³/mol. The van der Waals surface area contributed by atoms with Gasteiger partial charge in [0.25, 0.3) is 0 Å². The first-order chi connectivity index (χ1) is 7.84. The topological polar surface area (TPSA) is 0 Å². The van der Waals surface area contributed by atoms with Crippen LogP contribution >= 0.6 is 0 Å². The normalized spacial score (nSPS) is 47.8. The Labute approximate surface area is 109 Å². The first-order valence-corrected chi connectivity index (χ1v) is 7.69. The standard InChI is InChI=1S/C16H34N/c1-8-9-10-17(7)15(5)13(3)11-12(2)14(4)16(17)6/h12-16H,8-11H2,1-7H3/q+1. The van der Waals surface area contributed by atoms with Crippen LogP contribution in [0, 0.1) is 17.8 Å². The van der Waals surface area contributed by atoms with Gasteiger partial charge in [-0.05, 0) is 32.6 Å². The third-order valence-corrected chi connectivity index (χ3v) is 6.08. The van der Waals surface area contributed by atoms with Crippen LogP contribution in [0.5, 0.6) is 0 Å². The van der Waals surface area contributed by atoms with E-state index in [1.165, 1.54) is 30.3 Å². The molecule has 1 nitrogen and oxygen atoms in total. The Kier molecular flexibility index (Phi) is 5.07. The van der Waals surface area contributed by atoms with Crippen LogP contribution in [-0.2, 0) is 0 Å². The lowest BCUT2D eigenvalue weighted by molar-refractivity contribution is -0.958. The molecule has 0 aromatic carbocycles. The number of hydrogen-bond donors (Lipinski definition) is 0. The SMILES string of the molecule is CCCC[N+]1(C)C(C)C(C)CC(C)C(C)C1C. The van der Waals surface area contributed by atoms with Crippen LogP contribution in [0.25, 0.3) is 0 Å². The molecule has 17 heavy (non-hydrogen) atoms. The zero-order valence-electron chi connectivity index (χ0n) is 13.2. The fraction of sp³-hybridized carbons (Fsp3) is 1.00. The van der Waals surface area contributed by atoms with Crippen molar-refractivity contribution in [3.63, 3.8) is 0 Å². The maximum Gasteiger partial charge on any atom is 0.0890 e. The second-order valence-electron chi connectivity index (χ2n) is 6.95. The number of hydrogen-bond acceptors (Lipinski definition) is 0. The van der Waals surface area contributed by atoms with Crippen molar-refractivity contribution < 1.29 is 4.48 Å². The molecule has 0 saturated carbocycles. The molecule has 0 N–H and O–H groups in total. The molecule has 0 aromatic heterocycles. The van der Waals surface area contributed by atoms with Crippen LogP contribution in [0.2, 0.25) is 0 Å². The summed E-state index contributed by atoms with van der Waals surface area (Å²) in [5, 5.41) is 0. The average Bonchev–Trinajstić information content (AvgIpc) is 2.35. The van der Waals surface area contributed by atoms with Crippen molar-refractivity contribution in [2.24, 2.45) is 17.8 Å². The number of unbranched alkanes of at least 4 members (excludes halogenated alkanes) is 1. The van der Waals surface area contributed by atoms with Crippen LogP contribution < -0.4 is 0 Å². The molecule has 6 unspecified atom stereocenters. The van der Waals surface area contributed by atoms with Gasteiger partial charge in [-0.15, -0.1) is 0 Å². The van der Waals surface area contributed by atoms with Crippen LogP contribution in [0.15, 0.2) is 0 Å². The Morgan fingerprint density at radius 1 is 0.941 bits per heavy atom. The van der Waals surface area contributed by atoms with Crippen molar-refractivity contribution in [1.29, 1.82) is 0 Å². The summed E-state index contributed by atoms with van der Waals surface area (Å²) in [6, 6.07) is 1.61. The number of nitrogens with zero attached hydrogens (tertiary/aromatic N) is 1. The van der Waals surface area contributed by atoms with Crippen molar-refractivity contribution in [1.82, 2.24) is 0 Å². The molecule has 6 atom stereocenters. The van der Waals surface area contributed by atoms with E-state index in [9.17, 15) is 0 Å². The molecule has 0 radical (unpaired) electrons. The van der Waals surface area contributed by atoms with Gasteiger partial charge in [0.1, 0.15) is 0 Å². The second-order valence-corrected chi connectivity index (χ2v) is 6.95. The minimum atomic E-state index is 0.802. The molecule has 1 saturated heterocycles. The van der Waals surface area contributed by atoms with Gasteiger partial charge in [-0.1, -0.05) is 34.1 Å². The Balaban J connectivity index is 2.96. The fourth-order valence-corrected chi connectivity index (χ4v) is 3.87. The van der Waals surface area contributed by atoms with Crippen molar-refractivity contribution >= 4 is 0 Å². The maximum atomic E-state index is 2.51. The van der Waals surface area contributed by atoms with Crippen LogP contribution in [-0.4, -0.2) is 30.2 Å². The highest BCUT2D eigenvalue weighted by Crippen LogP contribution is 2.38. The van der Waals surface area contributed by atoms with E-state index in [0.717, 1.165) is 29.8 Å². The summed E-state index contributed by atoms with van der Waals surface area (Å²) in [7, 11) is 2.51. The van der Waals surface area contributed by atoms with E-state index in [1.807, 2.05) is 0 Å². The Morgan fingerprint density at radius 2 is 1.53 bits per heavy atom. The number of likely N-dealkylation sites (tertiary alicyclic amines) is 1. The molecule has 0 aromatic rings. The van der Waals surface area contributed by atoms with Gasteiger partial charge in [0, 0.05) is 11.8 Å². The zero-order chi connectivity index (χ0) is 13.2. The zero-order valence-corrected chi connectivity index (χ0v) is 13.2. The van der Waals surface area contributed by atoms with Gasteiger partial charge < -0.3 is 4.48 Å². The molecular weight excluding hydrogens is 206 g/mol. The Bertz CT molecular complexity index is 238. The fourth-order valence-electron chi connectivity index (χ4n) is 3.87. The Hall–Kier alpha value is -0.0400. The summed E-state index contributed by atoms with van der Waals surface area (Å²) < 4.78 is 1.29. The highest BCUT2D eigenvalue weighted by atomic mass is 15.4. The third kappa shape index (κ3) is 2.86. The highest BCUT2D eigenvalue weighted by Gasteiger charge is 2.44. The third-order valence-electron chi connectivity index (χ3n) is 6.08. The molecule has 102 valence electrons. The van der Waals surface area contributed by atoms with E-state index in [2.05, 4.69) is 48.6 Å². The summed E-state index contributed by atoms with van der Waals surface area (Å²) in [6.45, 7) is 16.1. The molecule has 1 rings (SSSR count). The van der Waals surface area contributed by atoms with Crippen molar-refractivity contribution in [2.75, 3.05) is 13.6 Å². The van der Waals surface area contributed by atoms with Gasteiger partial charge in [-0.2, -0.15) is 0 Å². The van der Waals surface area contributed by atoms with E-state index < -0.39 is 0 Å². The minimum Gasteiger partial charge on any atom is -0.321 e. The van der Waals surface area contributed by atoms with Crippen LogP contribution in [0.1, 0.15) is 60.8 Å². The molecule has 1 fully saturated rings. The first kappa shape index (κ1) is 15.0. The van der Waals surface area contributed by atoms with Gasteiger partial charge >= 0.3 is 0 Å². The van der Waals surface area contributed by atoms with Gasteiger partial charge in [-0.3, -0.25) is 0 Å². The molecule has 0 aliphatic carbocycles. The average molecular weight is 240 g/mol. The van der Waals surface area contributed by atoms with Crippen LogP contribution in [0.3, 0.4) is 0 Å². The van der Waals surface area contributed by atoms with E-state index in [4.69, 9.17) is 0 Å². The molecule has 1 heterocycles. The molecule has 0 spiro atoms. The predicted octanol–water partition coefficient (Wildman–Crippen LogP) is 4.32. The monoisotopic (exact) mass is 240 g/mol. The molecule has 1 aliphatic heterocycles. The smallest absolute Gasteiger partial charge is 0.0890 e. The van der Waals surface area contributed by atoms with E-state index >= 15 is 0 Å². The lowest BCUT2D eigenvalue weighted by Gasteiger charge is -2.47. The van der Waals surface area contributed by atoms with Crippen molar-refractivity contribution in [2.45, 2.75) is 72.9 Å². The molecule has 1 heteroatoms. The first-order valence-electron chi connectivity index (χ1n) is 7.69. The number of rotatable bonds is 3. The van der Waals surface area contributed by atoms with E-state index in [0.29, 0.717) is 0 Å². The summed E-state index contributed by atoms with van der Waals surface area (Å²) >= 11 is 0.